The van der Waals surface area contributed by atoms with Crippen molar-refractivity contribution in [2.75, 3.05) is 33.5 Å². The van der Waals surface area contributed by atoms with Crippen LogP contribution in [0.4, 0.5) is 0 Å². The number of aliphatic hydroxyl groups excluding tert-OH is 1. The number of hydrogen-bond donors (Lipinski definition) is 1. The van der Waals surface area contributed by atoms with Gasteiger partial charge in [-0.3, -0.25) is 4.90 Å². The number of nitrogens with zero attached hydrogens (tertiary/aromatic N) is 2. The molecule has 1 N–H and O–H groups in total. The largest absolute Gasteiger partial charge is 0.464 e. The summed E-state index contributed by atoms with van der Waals surface area (Å²) in [5.41, 5.74) is 1.08. The van der Waals surface area contributed by atoms with Crippen LogP contribution in [-0.2, 0) is 16.0 Å². The van der Waals surface area contributed by atoms with Crippen molar-refractivity contribution in [2.45, 2.75) is 12.6 Å². The van der Waals surface area contributed by atoms with Crippen LogP contribution in [-0.4, -0.2) is 60.5 Å². The Balaban J connectivity index is 2.07. The molecule has 0 saturated carbocycles. The molecule has 0 radical (unpaired) electrons. The minimum atomic E-state index is -0.442. The standard InChI is InChI=1S/C13H18N2O4/c1-18-13(17)12-4-2-3-10(14-12)7-15-5-6-19-9-11(15)8-16/h2-4,11,16H,5-9H2,1H3. The summed E-state index contributed by atoms with van der Waals surface area (Å²) in [7, 11) is 1.33. The Kier molecular flexibility index (Phi) is 4.84. The zero-order valence-electron chi connectivity index (χ0n) is 10.9. The van der Waals surface area contributed by atoms with Crippen LogP contribution in [0.3, 0.4) is 0 Å². The molecule has 1 saturated heterocycles. The third kappa shape index (κ3) is 3.50. The summed E-state index contributed by atoms with van der Waals surface area (Å²) < 4.78 is 9.97. The Hall–Kier alpha value is -1.50. The lowest BCUT2D eigenvalue weighted by Gasteiger charge is -2.34. The third-order valence-electron chi connectivity index (χ3n) is 3.13. The van der Waals surface area contributed by atoms with Crippen molar-refractivity contribution in [3.8, 4) is 0 Å². The number of aromatic nitrogens is 1. The van der Waals surface area contributed by atoms with E-state index in [4.69, 9.17) is 4.74 Å². The van der Waals surface area contributed by atoms with Gasteiger partial charge in [0.1, 0.15) is 5.69 Å². The van der Waals surface area contributed by atoms with Gasteiger partial charge in [-0.05, 0) is 12.1 Å². The van der Waals surface area contributed by atoms with Gasteiger partial charge < -0.3 is 14.6 Å². The van der Waals surface area contributed by atoms with E-state index >= 15 is 0 Å². The van der Waals surface area contributed by atoms with Crippen LogP contribution in [0.1, 0.15) is 16.2 Å². The Morgan fingerprint density at radius 1 is 1.63 bits per heavy atom. The number of carbonyl (C=O) groups excluding carboxylic acids is 1. The average Bonchev–Trinajstić information content (AvgIpc) is 2.47. The molecule has 1 atom stereocenters. The van der Waals surface area contributed by atoms with E-state index in [1.807, 2.05) is 6.07 Å². The number of pyridine rings is 1. The lowest BCUT2D eigenvalue weighted by atomic mass is 10.2. The molecule has 0 aromatic carbocycles. The maximum absolute atomic E-state index is 11.4. The highest BCUT2D eigenvalue weighted by atomic mass is 16.5. The first-order valence-corrected chi connectivity index (χ1v) is 6.21. The summed E-state index contributed by atoms with van der Waals surface area (Å²) in [4.78, 5) is 17.8. The van der Waals surface area contributed by atoms with Crippen molar-refractivity contribution < 1.29 is 19.4 Å². The van der Waals surface area contributed by atoms with Gasteiger partial charge in [0, 0.05) is 13.1 Å². The third-order valence-corrected chi connectivity index (χ3v) is 3.13. The molecular formula is C13H18N2O4. The highest BCUT2D eigenvalue weighted by molar-refractivity contribution is 5.87. The smallest absolute Gasteiger partial charge is 0.356 e. The minimum absolute atomic E-state index is 0.0164. The van der Waals surface area contributed by atoms with Crippen molar-refractivity contribution in [1.82, 2.24) is 9.88 Å². The van der Waals surface area contributed by atoms with Crippen LogP contribution in [0, 0.1) is 0 Å². The molecule has 6 nitrogen and oxygen atoms in total. The van der Waals surface area contributed by atoms with E-state index in [1.165, 1.54) is 7.11 Å². The molecule has 0 spiro atoms. The van der Waals surface area contributed by atoms with Gasteiger partial charge in [0.2, 0.25) is 0 Å². The van der Waals surface area contributed by atoms with Gasteiger partial charge in [-0.2, -0.15) is 0 Å². The minimum Gasteiger partial charge on any atom is -0.464 e. The van der Waals surface area contributed by atoms with Gasteiger partial charge >= 0.3 is 5.97 Å². The number of esters is 1. The molecule has 1 aromatic heterocycles. The van der Waals surface area contributed by atoms with Crippen LogP contribution < -0.4 is 0 Å². The summed E-state index contributed by atoms with van der Waals surface area (Å²) >= 11 is 0. The lowest BCUT2D eigenvalue weighted by molar-refractivity contribution is -0.0317. The molecule has 1 fully saturated rings. The molecule has 104 valence electrons. The summed E-state index contributed by atoms with van der Waals surface area (Å²) in [6, 6.07) is 5.25. The fourth-order valence-electron chi connectivity index (χ4n) is 2.06. The van der Waals surface area contributed by atoms with Gasteiger partial charge in [0.05, 0.1) is 38.7 Å². The first kappa shape index (κ1) is 13.9. The molecule has 2 rings (SSSR count). The highest BCUT2D eigenvalue weighted by Gasteiger charge is 2.22. The van der Waals surface area contributed by atoms with Crippen molar-refractivity contribution >= 4 is 5.97 Å². The van der Waals surface area contributed by atoms with Gasteiger partial charge in [-0.1, -0.05) is 6.07 Å². The Labute approximate surface area is 112 Å². The van der Waals surface area contributed by atoms with Crippen molar-refractivity contribution in [1.29, 1.82) is 0 Å². The number of carbonyl (C=O) groups is 1. The lowest BCUT2D eigenvalue weighted by Crippen LogP contribution is -2.47. The second-order valence-corrected chi connectivity index (χ2v) is 4.39. The van der Waals surface area contributed by atoms with E-state index in [2.05, 4.69) is 14.6 Å². The maximum Gasteiger partial charge on any atom is 0.356 e. The fourth-order valence-corrected chi connectivity index (χ4v) is 2.06. The Bertz CT molecular complexity index is 438. The number of aliphatic hydroxyl groups is 1. The normalized spacial score (nSPS) is 20.2. The van der Waals surface area contributed by atoms with E-state index in [0.717, 1.165) is 12.2 Å². The zero-order chi connectivity index (χ0) is 13.7. The molecule has 2 heterocycles. The van der Waals surface area contributed by atoms with E-state index < -0.39 is 5.97 Å². The topological polar surface area (TPSA) is 71.9 Å². The predicted molar refractivity (Wildman–Crippen MR) is 67.7 cm³/mol. The molecule has 19 heavy (non-hydrogen) atoms. The summed E-state index contributed by atoms with van der Waals surface area (Å²) in [6.45, 7) is 2.55. The van der Waals surface area contributed by atoms with Gasteiger partial charge in [0.25, 0.3) is 0 Å². The quantitative estimate of drug-likeness (QED) is 0.777. The number of morpholine rings is 1. The molecular weight excluding hydrogens is 248 g/mol. The van der Waals surface area contributed by atoms with Crippen molar-refractivity contribution in [3.05, 3.63) is 29.6 Å². The average molecular weight is 266 g/mol. The zero-order valence-corrected chi connectivity index (χ0v) is 10.9. The van der Waals surface area contributed by atoms with E-state index in [0.29, 0.717) is 25.5 Å². The van der Waals surface area contributed by atoms with Crippen LogP contribution >= 0.6 is 0 Å². The maximum atomic E-state index is 11.4. The second kappa shape index (κ2) is 6.60. The SMILES string of the molecule is COC(=O)c1cccc(CN2CCOCC2CO)n1. The molecule has 0 bridgehead atoms. The predicted octanol–water partition coefficient (Wildman–Crippen LogP) is 0.0613. The van der Waals surface area contributed by atoms with Crippen molar-refractivity contribution in [2.24, 2.45) is 0 Å². The van der Waals surface area contributed by atoms with Crippen LogP contribution in [0.2, 0.25) is 0 Å². The summed E-state index contributed by atoms with van der Waals surface area (Å²) in [5, 5.41) is 9.30. The number of rotatable bonds is 4. The molecule has 0 aliphatic carbocycles. The van der Waals surface area contributed by atoms with E-state index in [9.17, 15) is 9.90 Å². The monoisotopic (exact) mass is 266 g/mol. The molecule has 1 aromatic rings. The van der Waals surface area contributed by atoms with Crippen molar-refractivity contribution in [3.63, 3.8) is 0 Å². The first-order valence-electron chi connectivity index (χ1n) is 6.21. The van der Waals surface area contributed by atoms with Gasteiger partial charge in [0.15, 0.2) is 0 Å². The highest BCUT2D eigenvalue weighted by Crippen LogP contribution is 2.11. The Morgan fingerprint density at radius 3 is 3.21 bits per heavy atom. The molecule has 1 unspecified atom stereocenters. The first-order chi connectivity index (χ1) is 9.24. The number of ether oxygens (including phenoxy) is 2. The van der Waals surface area contributed by atoms with Crippen LogP contribution in [0.5, 0.6) is 0 Å². The van der Waals surface area contributed by atoms with E-state index in [1.54, 1.807) is 12.1 Å². The molecule has 1 aliphatic rings. The van der Waals surface area contributed by atoms with E-state index in [-0.39, 0.29) is 12.6 Å². The summed E-state index contributed by atoms with van der Waals surface area (Å²) in [6.07, 6.45) is 0. The molecule has 6 heteroatoms. The number of hydrogen-bond acceptors (Lipinski definition) is 6. The van der Waals surface area contributed by atoms with Crippen LogP contribution in [0.25, 0.3) is 0 Å². The van der Waals surface area contributed by atoms with Gasteiger partial charge in [-0.25, -0.2) is 9.78 Å². The molecule has 0 amide bonds. The number of methoxy groups -OCH3 is 1. The van der Waals surface area contributed by atoms with Crippen LogP contribution in [0.15, 0.2) is 18.2 Å². The molecule has 1 aliphatic heterocycles. The Morgan fingerprint density at radius 2 is 2.47 bits per heavy atom. The summed E-state index contributed by atoms with van der Waals surface area (Å²) in [5.74, 6) is -0.442. The fraction of sp³-hybridized carbons (Fsp3) is 0.538. The van der Waals surface area contributed by atoms with Gasteiger partial charge in [-0.15, -0.1) is 0 Å². The second-order valence-electron chi connectivity index (χ2n) is 4.39.